The molecule has 1 N–H and O–H groups in total. The maximum atomic E-state index is 12.2. The van der Waals surface area contributed by atoms with E-state index < -0.39 is 0 Å². The molecule has 0 saturated heterocycles. The molecule has 0 bridgehead atoms. The molecule has 0 unspecified atom stereocenters. The van der Waals surface area contributed by atoms with E-state index in [2.05, 4.69) is 22.8 Å². The van der Waals surface area contributed by atoms with E-state index in [1.165, 1.54) is 4.88 Å². The number of carbonyl (C=O) groups excluding carboxylic acids is 1. The van der Waals surface area contributed by atoms with E-state index in [-0.39, 0.29) is 17.4 Å². The minimum Gasteiger partial charge on any atom is -0.344 e. The molecule has 1 amide bonds. The summed E-state index contributed by atoms with van der Waals surface area (Å²) >= 11 is 3.32. The Bertz CT molecular complexity index is 460. The molecule has 0 aliphatic heterocycles. The number of hydrogen-bond donors (Lipinski definition) is 1. The molecule has 0 saturated carbocycles. The van der Waals surface area contributed by atoms with Crippen molar-refractivity contribution in [3.05, 3.63) is 44.8 Å². The van der Waals surface area contributed by atoms with Gasteiger partial charge in [0, 0.05) is 10.3 Å². The maximum absolute atomic E-state index is 12.2. The molecule has 1 atom stereocenters. The summed E-state index contributed by atoms with van der Waals surface area (Å²) in [5.41, 5.74) is 0.783. The van der Waals surface area contributed by atoms with E-state index in [9.17, 15) is 4.79 Å². The molecule has 0 aromatic carbocycles. The SMILES string of the molecule is CC(C)(C)C(=O)N[C@H](c1ccsc1)c1cccs1. The Labute approximate surface area is 116 Å². The van der Waals surface area contributed by atoms with Gasteiger partial charge in [-0.1, -0.05) is 26.8 Å². The highest BCUT2D eigenvalue weighted by molar-refractivity contribution is 7.10. The lowest BCUT2D eigenvalue weighted by Gasteiger charge is -2.23. The Balaban J connectivity index is 2.25. The second-order valence-corrected chi connectivity index (χ2v) is 6.99. The summed E-state index contributed by atoms with van der Waals surface area (Å²) in [6.07, 6.45) is 0. The van der Waals surface area contributed by atoms with Crippen LogP contribution in [-0.4, -0.2) is 5.91 Å². The van der Waals surface area contributed by atoms with Crippen molar-refractivity contribution in [2.24, 2.45) is 5.41 Å². The van der Waals surface area contributed by atoms with Crippen molar-refractivity contribution in [3.63, 3.8) is 0 Å². The molecule has 0 aliphatic carbocycles. The van der Waals surface area contributed by atoms with E-state index >= 15 is 0 Å². The first kappa shape index (κ1) is 13.3. The molecule has 2 heterocycles. The molecule has 0 radical (unpaired) electrons. The number of thiophene rings is 2. The molecule has 18 heavy (non-hydrogen) atoms. The number of carbonyl (C=O) groups is 1. The molecular formula is C14H17NOS2. The van der Waals surface area contributed by atoms with Crippen LogP contribution in [0.3, 0.4) is 0 Å². The van der Waals surface area contributed by atoms with Crippen molar-refractivity contribution in [1.29, 1.82) is 0 Å². The lowest BCUT2D eigenvalue weighted by atomic mass is 9.94. The third kappa shape index (κ3) is 3.00. The Kier molecular flexibility index (Phi) is 3.88. The summed E-state index contributed by atoms with van der Waals surface area (Å²) in [7, 11) is 0. The van der Waals surface area contributed by atoms with Crippen LogP contribution in [0.1, 0.15) is 37.3 Å². The standard InChI is InChI=1S/C14H17NOS2/c1-14(2,3)13(16)15-12(10-6-8-17-9-10)11-5-4-7-18-11/h4-9,12H,1-3H3,(H,15,16)/t12-/m1/s1. The Morgan fingerprint density at radius 2 is 2.06 bits per heavy atom. The fraction of sp³-hybridized carbons (Fsp3) is 0.357. The Morgan fingerprint density at radius 3 is 2.56 bits per heavy atom. The van der Waals surface area contributed by atoms with Crippen molar-refractivity contribution in [3.8, 4) is 0 Å². The van der Waals surface area contributed by atoms with E-state index in [0.29, 0.717) is 0 Å². The Hall–Kier alpha value is -1.13. The second-order valence-electron chi connectivity index (χ2n) is 5.23. The summed E-state index contributed by atoms with van der Waals surface area (Å²) in [5.74, 6) is 0.0760. The highest BCUT2D eigenvalue weighted by atomic mass is 32.1. The summed E-state index contributed by atoms with van der Waals surface area (Å²) in [5, 5.41) is 9.31. The minimum absolute atomic E-state index is 0.0250. The van der Waals surface area contributed by atoms with Crippen LogP contribution in [0.25, 0.3) is 0 Å². The quantitative estimate of drug-likeness (QED) is 0.902. The summed E-state index contributed by atoms with van der Waals surface area (Å²) in [6.45, 7) is 5.80. The highest BCUT2D eigenvalue weighted by Gasteiger charge is 2.26. The first-order valence-corrected chi connectivity index (χ1v) is 7.67. The van der Waals surface area contributed by atoms with Crippen LogP contribution in [-0.2, 0) is 4.79 Å². The van der Waals surface area contributed by atoms with E-state index in [4.69, 9.17) is 0 Å². The summed E-state index contributed by atoms with van der Waals surface area (Å²) in [6, 6.07) is 6.12. The van der Waals surface area contributed by atoms with Gasteiger partial charge in [-0.25, -0.2) is 0 Å². The predicted octanol–water partition coefficient (Wildman–Crippen LogP) is 4.06. The minimum atomic E-state index is -0.370. The largest absolute Gasteiger partial charge is 0.344 e. The third-order valence-electron chi connectivity index (χ3n) is 2.66. The van der Waals surface area contributed by atoms with Gasteiger partial charge >= 0.3 is 0 Å². The van der Waals surface area contributed by atoms with Crippen LogP contribution in [0.15, 0.2) is 34.3 Å². The average molecular weight is 279 g/mol. The monoisotopic (exact) mass is 279 g/mol. The van der Waals surface area contributed by atoms with Crippen molar-refractivity contribution in [2.75, 3.05) is 0 Å². The van der Waals surface area contributed by atoms with Gasteiger partial charge in [0.1, 0.15) is 0 Å². The first-order chi connectivity index (χ1) is 8.48. The van der Waals surface area contributed by atoms with Crippen LogP contribution < -0.4 is 5.32 Å². The fourth-order valence-corrected chi connectivity index (χ4v) is 3.05. The highest BCUT2D eigenvalue weighted by Crippen LogP contribution is 2.28. The van der Waals surface area contributed by atoms with Crippen molar-refractivity contribution in [2.45, 2.75) is 26.8 Å². The van der Waals surface area contributed by atoms with Gasteiger partial charge in [0.2, 0.25) is 5.91 Å². The van der Waals surface area contributed by atoms with Gasteiger partial charge in [-0.2, -0.15) is 11.3 Å². The van der Waals surface area contributed by atoms with E-state index in [1.54, 1.807) is 22.7 Å². The van der Waals surface area contributed by atoms with Crippen molar-refractivity contribution >= 4 is 28.6 Å². The average Bonchev–Trinajstić information content (AvgIpc) is 2.97. The molecule has 2 aromatic heterocycles. The lowest BCUT2D eigenvalue weighted by Crippen LogP contribution is -2.37. The van der Waals surface area contributed by atoms with Gasteiger partial charge in [0.15, 0.2) is 0 Å². The third-order valence-corrected chi connectivity index (χ3v) is 4.30. The molecular weight excluding hydrogens is 262 g/mol. The number of hydrogen-bond acceptors (Lipinski definition) is 3. The van der Waals surface area contributed by atoms with Crippen LogP contribution in [0, 0.1) is 5.41 Å². The van der Waals surface area contributed by atoms with Gasteiger partial charge in [0.25, 0.3) is 0 Å². The molecule has 0 spiro atoms. The van der Waals surface area contributed by atoms with Crippen LogP contribution in [0.5, 0.6) is 0 Å². The van der Waals surface area contributed by atoms with Crippen LogP contribution in [0.2, 0.25) is 0 Å². The van der Waals surface area contributed by atoms with E-state index in [0.717, 1.165) is 5.56 Å². The molecule has 2 rings (SSSR count). The molecule has 0 aliphatic rings. The summed E-state index contributed by atoms with van der Waals surface area (Å²) < 4.78 is 0. The molecule has 2 aromatic rings. The topological polar surface area (TPSA) is 29.1 Å². The normalized spacial score (nSPS) is 13.3. The van der Waals surface area contributed by atoms with Gasteiger partial charge in [-0.15, -0.1) is 11.3 Å². The predicted molar refractivity (Wildman–Crippen MR) is 78.1 cm³/mol. The van der Waals surface area contributed by atoms with Crippen molar-refractivity contribution in [1.82, 2.24) is 5.32 Å². The molecule has 0 fully saturated rings. The van der Waals surface area contributed by atoms with Crippen LogP contribution in [0.4, 0.5) is 0 Å². The smallest absolute Gasteiger partial charge is 0.226 e. The van der Waals surface area contributed by atoms with Gasteiger partial charge in [0.05, 0.1) is 6.04 Å². The number of nitrogens with one attached hydrogen (secondary N) is 1. The molecule has 4 heteroatoms. The summed E-state index contributed by atoms with van der Waals surface area (Å²) in [4.78, 5) is 13.3. The fourth-order valence-electron chi connectivity index (χ4n) is 1.56. The second kappa shape index (κ2) is 5.24. The number of rotatable bonds is 3. The first-order valence-electron chi connectivity index (χ1n) is 5.85. The molecule has 96 valence electrons. The van der Waals surface area contributed by atoms with Crippen molar-refractivity contribution < 1.29 is 4.79 Å². The zero-order valence-electron chi connectivity index (χ0n) is 10.8. The van der Waals surface area contributed by atoms with Gasteiger partial charge in [-0.3, -0.25) is 4.79 Å². The van der Waals surface area contributed by atoms with Gasteiger partial charge < -0.3 is 5.32 Å². The Morgan fingerprint density at radius 1 is 1.28 bits per heavy atom. The van der Waals surface area contributed by atoms with Crippen LogP contribution >= 0.6 is 22.7 Å². The molecule has 2 nitrogen and oxygen atoms in total. The zero-order valence-corrected chi connectivity index (χ0v) is 12.4. The zero-order chi connectivity index (χ0) is 13.2. The lowest BCUT2D eigenvalue weighted by molar-refractivity contribution is -0.129. The van der Waals surface area contributed by atoms with E-state index in [1.807, 2.05) is 37.6 Å². The number of amides is 1. The van der Waals surface area contributed by atoms with Gasteiger partial charge in [-0.05, 0) is 33.8 Å². The maximum Gasteiger partial charge on any atom is 0.226 e.